The van der Waals surface area contributed by atoms with Crippen LogP contribution < -0.4 is 5.32 Å². The Kier molecular flexibility index (Phi) is 6.03. The fourth-order valence-electron chi connectivity index (χ4n) is 5.29. The number of nitrogens with zero attached hydrogens (tertiary/aromatic N) is 2. The maximum atomic E-state index is 13.3. The third-order valence-electron chi connectivity index (χ3n) is 7.88. The third kappa shape index (κ3) is 3.93. The normalized spacial score (nSPS) is 21.8. The topological polar surface area (TPSA) is 91.2 Å². The van der Waals surface area contributed by atoms with Crippen molar-refractivity contribution in [1.29, 1.82) is 0 Å². The van der Waals surface area contributed by atoms with Gasteiger partial charge in [0.25, 0.3) is 0 Å². The molecular weight excluding hydrogens is 434 g/mol. The minimum atomic E-state index is -1.70. The van der Waals surface area contributed by atoms with Gasteiger partial charge in [-0.25, -0.2) is 4.79 Å². The number of aliphatic hydroxyl groups is 1. The lowest BCUT2D eigenvalue weighted by Crippen LogP contribution is -2.55. The summed E-state index contributed by atoms with van der Waals surface area (Å²) in [7, 11) is -1.70. The molecular formula is C25H35N3O4Si. The van der Waals surface area contributed by atoms with Gasteiger partial charge in [-0.3, -0.25) is 14.7 Å². The van der Waals surface area contributed by atoms with E-state index >= 15 is 0 Å². The van der Waals surface area contributed by atoms with Crippen molar-refractivity contribution >= 4 is 25.9 Å². The second-order valence-electron chi connectivity index (χ2n) is 10.9. The summed E-state index contributed by atoms with van der Waals surface area (Å²) in [6.45, 7) is 11.2. The second-order valence-corrected chi connectivity index (χ2v) is 16.3. The summed E-state index contributed by atoms with van der Waals surface area (Å²) in [6.07, 6.45) is 1.77. The van der Waals surface area contributed by atoms with Crippen LogP contribution in [0, 0.1) is 0 Å². The Labute approximate surface area is 196 Å². The number of aliphatic imine (C=N–C) groups is 1. The molecule has 0 unspecified atom stereocenters. The summed E-state index contributed by atoms with van der Waals surface area (Å²) >= 11 is 0. The number of nitrogens with one attached hydrogen (secondary N) is 1. The van der Waals surface area contributed by atoms with Crippen LogP contribution in [0.5, 0.6) is 0 Å². The molecule has 1 atom stereocenters. The third-order valence-corrected chi connectivity index (χ3v) is 11.5. The van der Waals surface area contributed by atoms with Gasteiger partial charge < -0.3 is 15.2 Å². The molecule has 0 spiro atoms. The first-order chi connectivity index (χ1) is 15.5. The molecule has 0 saturated heterocycles. The number of hydrogen-bond donors (Lipinski definition) is 2. The number of carbonyl (C=O) groups excluding carboxylic acids is 2. The van der Waals surface area contributed by atoms with Crippen LogP contribution in [-0.4, -0.2) is 61.2 Å². The molecule has 1 aromatic rings. The largest absolute Gasteiger partial charge is 0.439 e. The van der Waals surface area contributed by atoms with Crippen molar-refractivity contribution < 1.29 is 19.4 Å². The number of aliphatic hydroxyl groups excluding tert-OH is 1. The van der Waals surface area contributed by atoms with Crippen LogP contribution >= 0.6 is 0 Å². The highest BCUT2D eigenvalue weighted by atomic mass is 28.3. The van der Waals surface area contributed by atoms with Gasteiger partial charge in [0.05, 0.1) is 33.3 Å². The Morgan fingerprint density at radius 3 is 2.42 bits per heavy atom. The van der Waals surface area contributed by atoms with Crippen molar-refractivity contribution in [3.63, 3.8) is 0 Å². The summed E-state index contributed by atoms with van der Waals surface area (Å²) in [5, 5.41) is 12.7. The van der Waals surface area contributed by atoms with Gasteiger partial charge in [0.1, 0.15) is 5.84 Å². The molecule has 2 N–H and O–H groups in total. The first-order valence-corrected chi connectivity index (χ1v) is 15.2. The lowest BCUT2D eigenvalue weighted by atomic mass is 9.83. The van der Waals surface area contributed by atoms with Crippen molar-refractivity contribution in [1.82, 2.24) is 10.2 Å². The highest BCUT2D eigenvalue weighted by Crippen LogP contribution is 2.55. The Hall–Kier alpha value is -2.45. The van der Waals surface area contributed by atoms with Crippen molar-refractivity contribution in [2.75, 3.05) is 19.7 Å². The number of carbonyl (C=O) groups is 2. The lowest BCUT2D eigenvalue weighted by molar-refractivity contribution is -0.125. The first kappa shape index (κ1) is 23.7. The molecule has 0 aromatic heterocycles. The van der Waals surface area contributed by atoms with Crippen molar-refractivity contribution in [3.8, 4) is 0 Å². The monoisotopic (exact) mass is 469 g/mol. The number of rotatable bonds is 5. The fourth-order valence-corrected chi connectivity index (χ4v) is 7.89. The Morgan fingerprint density at radius 2 is 1.88 bits per heavy atom. The Morgan fingerprint density at radius 1 is 1.21 bits per heavy atom. The molecule has 178 valence electrons. The number of ether oxygens (including phenoxy) is 1. The van der Waals surface area contributed by atoms with Gasteiger partial charge in [0.15, 0.2) is 6.10 Å². The minimum Gasteiger partial charge on any atom is -0.439 e. The van der Waals surface area contributed by atoms with Crippen LogP contribution in [-0.2, 0) is 9.53 Å². The van der Waals surface area contributed by atoms with E-state index in [1.807, 2.05) is 44.2 Å². The summed E-state index contributed by atoms with van der Waals surface area (Å²) in [6, 6.07) is 9.24. The maximum Gasteiger partial charge on any atom is 0.411 e. The molecule has 7 nitrogen and oxygen atoms in total. The minimum absolute atomic E-state index is 0.0867. The summed E-state index contributed by atoms with van der Waals surface area (Å²) < 4.78 is 5.70. The molecule has 8 heteroatoms. The van der Waals surface area contributed by atoms with Gasteiger partial charge in [-0.2, -0.15) is 0 Å². The van der Waals surface area contributed by atoms with E-state index in [0.717, 1.165) is 36.0 Å². The number of benzene rings is 1. The first-order valence-electron chi connectivity index (χ1n) is 11.7. The van der Waals surface area contributed by atoms with E-state index < -0.39 is 25.8 Å². The molecule has 4 rings (SSSR count). The van der Waals surface area contributed by atoms with Gasteiger partial charge in [-0.15, -0.1) is 0 Å². The van der Waals surface area contributed by atoms with E-state index in [-0.39, 0.29) is 17.6 Å². The molecule has 1 fully saturated rings. The predicted octanol–water partition coefficient (Wildman–Crippen LogP) is 4.04. The van der Waals surface area contributed by atoms with Gasteiger partial charge in [0, 0.05) is 10.6 Å². The second kappa shape index (κ2) is 8.40. The molecule has 0 bridgehead atoms. The summed E-state index contributed by atoms with van der Waals surface area (Å²) in [5.41, 5.74) is 2.10. The molecule has 0 radical (unpaired) electrons. The van der Waals surface area contributed by atoms with Crippen LogP contribution in [0.3, 0.4) is 0 Å². The molecule has 2 heterocycles. The van der Waals surface area contributed by atoms with Crippen LogP contribution in [0.25, 0.3) is 0 Å². The number of amidine groups is 1. The van der Waals surface area contributed by atoms with Crippen LogP contribution in [0.15, 0.2) is 46.5 Å². The van der Waals surface area contributed by atoms with E-state index in [1.54, 1.807) is 4.90 Å². The quantitative estimate of drug-likeness (QED) is 0.637. The maximum absolute atomic E-state index is 13.3. The SMILES string of the molecule is CC1(C)C2=C(CN1C(=O)O[C@H](CO)c1ccccc1)C(NC(=O)C1([Si](C)(C)C)CCC1)=NC2. The zero-order valence-corrected chi connectivity index (χ0v) is 21.3. The smallest absolute Gasteiger partial charge is 0.411 e. The molecule has 33 heavy (non-hydrogen) atoms. The Balaban J connectivity index is 1.48. The van der Waals surface area contributed by atoms with Gasteiger partial charge in [0.2, 0.25) is 5.91 Å². The van der Waals surface area contributed by atoms with Crippen LogP contribution in [0.1, 0.15) is 44.8 Å². The van der Waals surface area contributed by atoms with Crippen LogP contribution in [0.2, 0.25) is 24.7 Å². The van der Waals surface area contributed by atoms with E-state index in [1.165, 1.54) is 0 Å². The molecule has 2 amide bonds. The molecule has 1 aromatic carbocycles. The molecule has 1 aliphatic carbocycles. The lowest BCUT2D eigenvalue weighted by Gasteiger charge is -2.49. The van der Waals surface area contributed by atoms with Crippen molar-refractivity contribution in [3.05, 3.63) is 47.0 Å². The summed E-state index contributed by atoms with van der Waals surface area (Å²) in [5.74, 6) is 0.688. The average molecular weight is 470 g/mol. The number of hydrogen-bond acceptors (Lipinski definition) is 5. The Bertz CT molecular complexity index is 1010. The highest BCUT2D eigenvalue weighted by Gasteiger charge is 2.54. The van der Waals surface area contributed by atoms with Crippen molar-refractivity contribution in [2.24, 2.45) is 4.99 Å². The number of amides is 2. The van der Waals surface area contributed by atoms with E-state index in [4.69, 9.17) is 4.74 Å². The van der Waals surface area contributed by atoms with E-state index in [0.29, 0.717) is 18.9 Å². The van der Waals surface area contributed by atoms with Crippen molar-refractivity contribution in [2.45, 2.75) is 69.4 Å². The van der Waals surface area contributed by atoms with E-state index in [2.05, 4.69) is 30.0 Å². The average Bonchev–Trinajstić information content (AvgIpc) is 3.23. The molecule has 3 aliphatic rings. The zero-order chi connectivity index (χ0) is 24.0. The summed E-state index contributed by atoms with van der Waals surface area (Å²) in [4.78, 5) is 32.8. The predicted molar refractivity (Wildman–Crippen MR) is 131 cm³/mol. The van der Waals surface area contributed by atoms with Crippen LogP contribution in [0.4, 0.5) is 4.79 Å². The highest BCUT2D eigenvalue weighted by molar-refractivity contribution is 6.82. The molecule has 1 saturated carbocycles. The van der Waals surface area contributed by atoms with Gasteiger partial charge in [-0.1, -0.05) is 56.4 Å². The van der Waals surface area contributed by atoms with Gasteiger partial charge >= 0.3 is 6.09 Å². The zero-order valence-electron chi connectivity index (χ0n) is 20.3. The van der Waals surface area contributed by atoms with Gasteiger partial charge in [-0.05, 0) is 37.8 Å². The fraction of sp³-hybridized carbons (Fsp3) is 0.560. The standard InChI is InChI=1S/C25H35N3O4Si/c1-24(2)19-14-26-21(27-22(30)25(12-9-13-25)33(3,4)5)18(19)15-28(24)23(31)32-20(16-29)17-10-7-6-8-11-17/h6-8,10-11,20,29H,9,12-16H2,1-5H3,(H,26,27,30)/t20-/m1/s1. The molecule has 2 aliphatic heterocycles. The van der Waals surface area contributed by atoms with E-state index in [9.17, 15) is 14.7 Å².